The Labute approximate surface area is 104 Å². The summed E-state index contributed by atoms with van der Waals surface area (Å²) in [4.78, 5) is 8.31. The van der Waals surface area contributed by atoms with E-state index in [1.165, 1.54) is 0 Å². The minimum atomic E-state index is -0.392. The SMILES string of the molecule is FCCn1c(-c2ccncc2)cc2ncccc21. The Kier molecular flexibility index (Phi) is 2.76. The average Bonchev–Trinajstić information content (AvgIpc) is 2.80. The lowest BCUT2D eigenvalue weighted by molar-refractivity contribution is 0.452. The van der Waals surface area contributed by atoms with Crippen molar-refractivity contribution in [3.8, 4) is 11.3 Å². The van der Waals surface area contributed by atoms with Crippen molar-refractivity contribution in [2.45, 2.75) is 6.54 Å². The third kappa shape index (κ3) is 1.76. The number of aromatic nitrogens is 3. The van der Waals surface area contributed by atoms with Crippen LogP contribution in [0.5, 0.6) is 0 Å². The number of alkyl halides is 1. The molecular weight excluding hydrogens is 229 g/mol. The van der Waals surface area contributed by atoms with E-state index in [4.69, 9.17) is 0 Å². The Hall–Kier alpha value is -2.23. The molecule has 0 saturated heterocycles. The lowest BCUT2D eigenvalue weighted by atomic mass is 10.2. The zero-order chi connectivity index (χ0) is 12.4. The maximum absolute atomic E-state index is 12.7. The van der Waals surface area contributed by atoms with Gasteiger partial charge >= 0.3 is 0 Å². The molecule has 3 rings (SSSR count). The summed E-state index contributed by atoms with van der Waals surface area (Å²) in [6.07, 6.45) is 5.22. The summed E-state index contributed by atoms with van der Waals surface area (Å²) < 4.78 is 14.7. The quantitative estimate of drug-likeness (QED) is 0.705. The Morgan fingerprint density at radius 1 is 1.11 bits per heavy atom. The standard InChI is InChI=1S/C14H12FN3/c15-5-9-18-13-2-1-6-17-12(13)10-14(18)11-3-7-16-8-4-11/h1-4,6-8,10H,5,9H2. The molecule has 0 N–H and O–H groups in total. The number of aryl methyl sites for hydroxylation is 1. The van der Waals surface area contributed by atoms with Gasteiger partial charge in [0.15, 0.2) is 0 Å². The van der Waals surface area contributed by atoms with Crippen LogP contribution in [0.15, 0.2) is 48.9 Å². The normalized spacial score (nSPS) is 10.9. The second kappa shape index (κ2) is 4.56. The molecule has 0 atom stereocenters. The molecule has 4 heteroatoms. The van der Waals surface area contributed by atoms with E-state index in [1.54, 1.807) is 18.6 Å². The highest BCUT2D eigenvalue weighted by Gasteiger charge is 2.10. The number of halogens is 1. The minimum Gasteiger partial charge on any atom is -0.337 e. The highest BCUT2D eigenvalue weighted by atomic mass is 19.1. The molecule has 3 aromatic heterocycles. The summed E-state index contributed by atoms with van der Waals surface area (Å²) in [6.45, 7) is -0.0520. The van der Waals surface area contributed by atoms with Gasteiger partial charge in [-0.05, 0) is 30.3 Å². The van der Waals surface area contributed by atoms with Gasteiger partial charge in [-0.15, -0.1) is 0 Å². The summed E-state index contributed by atoms with van der Waals surface area (Å²) in [7, 11) is 0. The van der Waals surface area contributed by atoms with Gasteiger partial charge in [0.1, 0.15) is 6.67 Å². The molecule has 0 aromatic carbocycles. The number of rotatable bonds is 3. The molecule has 0 aliphatic heterocycles. The molecule has 0 unspecified atom stereocenters. The van der Waals surface area contributed by atoms with Crippen LogP contribution in [-0.2, 0) is 6.54 Å². The summed E-state index contributed by atoms with van der Waals surface area (Å²) in [5, 5.41) is 0. The lowest BCUT2D eigenvalue weighted by Gasteiger charge is -2.08. The van der Waals surface area contributed by atoms with Crippen molar-refractivity contribution in [2.24, 2.45) is 0 Å². The predicted octanol–water partition coefficient (Wildman–Crippen LogP) is 3.07. The fraction of sp³-hybridized carbons (Fsp3) is 0.143. The van der Waals surface area contributed by atoms with Crippen molar-refractivity contribution >= 4 is 11.0 Å². The lowest BCUT2D eigenvalue weighted by Crippen LogP contribution is -2.01. The largest absolute Gasteiger partial charge is 0.337 e. The van der Waals surface area contributed by atoms with Crippen LogP contribution in [0, 0.1) is 0 Å². The van der Waals surface area contributed by atoms with Crippen LogP contribution >= 0.6 is 0 Å². The van der Waals surface area contributed by atoms with E-state index in [0.29, 0.717) is 6.54 Å². The van der Waals surface area contributed by atoms with Gasteiger partial charge in [0.2, 0.25) is 0 Å². The van der Waals surface area contributed by atoms with Crippen LogP contribution in [0.4, 0.5) is 4.39 Å². The smallest absolute Gasteiger partial charge is 0.107 e. The maximum atomic E-state index is 12.7. The number of nitrogens with zero attached hydrogens (tertiary/aromatic N) is 3. The van der Waals surface area contributed by atoms with Crippen molar-refractivity contribution in [3.05, 3.63) is 48.9 Å². The second-order valence-electron chi connectivity index (χ2n) is 4.01. The summed E-state index contributed by atoms with van der Waals surface area (Å²) in [6, 6.07) is 9.66. The van der Waals surface area contributed by atoms with Gasteiger partial charge < -0.3 is 4.57 Å². The van der Waals surface area contributed by atoms with Gasteiger partial charge in [-0.1, -0.05) is 0 Å². The molecule has 0 fully saturated rings. The molecule has 0 aliphatic rings. The van der Waals surface area contributed by atoms with Gasteiger partial charge in [0, 0.05) is 24.2 Å². The van der Waals surface area contributed by atoms with Gasteiger partial charge in [-0.2, -0.15) is 0 Å². The van der Waals surface area contributed by atoms with E-state index in [1.807, 2.05) is 34.9 Å². The molecule has 0 radical (unpaired) electrons. The number of fused-ring (bicyclic) bond motifs is 1. The van der Waals surface area contributed by atoms with Crippen LogP contribution in [-0.4, -0.2) is 21.2 Å². The van der Waals surface area contributed by atoms with Gasteiger partial charge in [-0.25, -0.2) is 4.39 Å². The molecule has 0 aliphatic carbocycles. The number of pyridine rings is 2. The topological polar surface area (TPSA) is 30.7 Å². The molecule has 0 saturated carbocycles. The summed E-state index contributed by atoms with van der Waals surface area (Å²) in [5.41, 5.74) is 3.85. The summed E-state index contributed by atoms with van der Waals surface area (Å²) >= 11 is 0. The zero-order valence-corrected chi connectivity index (χ0v) is 9.75. The fourth-order valence-electron chi connectivity index (χ4n) is 2.17. The molecule has 0 spiro atoms. The Balaban J connectivity index is 2.25. The molecule has 0 bridgehead atoms. The molecule has 3 nitrogen and oxygen atoms in total. The van der Waals surface area contributed by atoms with Crippen LogP contribution in [0.2, 0.25) is 0 Å². The van der Waals surface area contributed by atoms with Crippen molar-refractivity contribution in [1.82, 2.24) is 14.5 Å². The molecule has 0 amide bonds. The second-order valence-corrected chi connectivity index (χ2v) is 4.01. The Morgan fingerprint density at radius 3 is 2.72 bits per heavy atom. The van der Waals surface area contributed by atoms with Crippen LogP contribution < -0.4 is 0 Å². The Morgan fingerprint density at radius 2 is 1.94 bits per heavy atom. The third-order valence-electron chi connectivity index (χ3n) is 2.96. The van der Waals surface area contributed by atoms with Gasteiger partial charge in [0.25, 0.3) is 0 Å². The van der Waals surface area contributed by atoms with Gasteiger partial charge in [0.05, 0.1) is 23.3 Å². The highest BCUT2D eigenvalue weighted by molar-refractivity contribution is 5.83. The van der Waals surface area contributed by atoms with Crippen LogP contribution in [0.25, 0.3) is 22.3 Å². The first-order valence-electron chi connectivity index (χ1n) is 5.81. The first-order valence-corrected chi connectivity index (χ1v) is 5.81. The van der Waals surface area contributed by atoms with Gasteiger partial charge in [-0.3, -0.25) is 9.97 Å². The van der Waals surface area contributed by atoms with Crippen LogP contribution in [0.1, 0.15) is 0 Å². The van der Waals surface area contributed by atoms with E-state index in [2.05, 4.69) is 9.97 Å². The van der Waals surface area contributed by atoms with Crippen LogP contribution in [0.3, 0.4) is 0 Å². The fourth-order valence-corrected chi connectivity index (χ4v) is 2.17. The molecular formula is C14H12FN3. The first-order chi connectivity index (χ1) is 8.90. The number of hydrogen-bond donors (Lipinski definition) is 0. The molecule has 90 valence electrons. The summed E-state index contributed by atoms with van der Waals surface area (Å²) in [5.74, 6) is 0. The maximum Gasteiger partial charge on any atom is 0.107 e. The number of hydrogen-bond acceptors (Lipinski definition) is 2. The van der Waals surface area contributed by atoms with Crippen molar-refractivity contribution in [3.63, 3.8) is 0 Å². The average molecular weight is 241 g/mol. The third-order valence-corrected chi connectivity index (χ3v) is 2.96. The molecule has 18 heavy (non-hydrogen) atoms. The van der Waals surface area contributed by atoms with E-state index >= 15 is 0 Å². The zero-order valence-electron chi connectivity index (χ0n) is 9.75. The van der Waals surface area contributed by atoms with Crippen molar-refractivity contribution < 1.29 is 4.39 Å². The molecule has 3 aromatic rings. The van der Waals surface area contributed by atoms with Crippen molar-refractivity contribution in [1.29, 1.82) is 0 Å². The Bertz CT molecular complexity index is 661. The minimum absolute atomic E-state index is 0.340. The first kappa shape index (κ1) is 10.9. The van der Waals surface area contributed by atoms with E-state index in [-0.39, 0.29) is 0 Å². The van der Waals surface area contributed by atoms with E-state index in [0.717, 1.165) is 22.3 Å². The van der Waals surface area contributed by atoms with E-state index < -0.39 is 6.67 Å². The molecule has 3 heterocycles. The van der Waals surface area contributed by atoms with Crippen molar-refractivity contribution in [2.75, 3.05) is 6.67 Å². The monoisotopic (exact) mass is 241 g/mol. The highest BCUT2D eigenvalue weighted by Crippen LogP contribution is 2.26. The van der Waals surface area contributed by atoms with E-state index in [9.17, 15) is 4.39 Å². The predicted molar refractivity (Wildman–Crippen MR) is 68.9 cm³/mol.